The van der Waals surface area contributed by atoms with E-state index in [-0.39, 0.29) is 12.0 Å². The van der Waals surface area contributed by atoms with Gasteiger partial charge in [0, 0.05) is 25.6 Å². The first-order chi connectivity index (χ1) is 12.2. The molecule has 1 aliphatic rings. The number of nitrogens with zero attached hydrogens (tertiary/aromatic N) is 1. The number of likely N-dealkylation sites (N-methyl/N-ethyl adjacent to an activating group) is 1. The van der Waals surface area contributed by atoms with Crippen LogP contribution < -0.4 is 0 Å². The fourth-order valence-electron chi connectivity index (χ4n) is 3.46. The van der Waals surface area contributed by atoms with Gasteiger partial charge in [0.05, 0.1) is 12.7 Å². The molecule has 3 heteroatoms. The molecule has 0 bridgehead atoms. The highest BCUT2D eigenvalue weighted by atomic mass is 16.5. The zero-order valence-corrected chi connectivity index (χ0v) is 14.3. The van der Waals surface area contributed by atoms with Gasteiger partial charge in [0.1, 0.15) is 0 Å². The van der Waals surface area contributed by atoms with Crippen LogP contribution in [-0.2, 0) is 17.8 Å². The number of hydrogen-bond acceptors (Lipinski definition) is 2. The quantitative estimate of drug-likeness (QED) is 0.724. The molecule has 25 heavy (non-hydrogen) atoms. The number of amides is 1. The van der Waals surface area contributed by atoms with E-state index in [0.717, 1.165) is 22.8 Å². The van der Waals surface area contributed by atoms with Gasteiger partial charge in [0.25, 0.3) is 5.91 Å². The van der Waals surface area contributed by atoms with Crippen molar-refractivity contribution in [2.75, 3.05) is 13.6 Å². The number of carbonyl (C=O) groups is 1. The van der Waals surface area contributed by atoms with Crippen molar-refractivity contribution in [3.05, 3.63) is 83.4 Å². The lowest BCUT2D eigenvalue weighted by Crippen LogP contribution is -2.38. The Morgan fingerprint density at radius 1 is 1.00 bits per heavy atom. The Labute approximate surface area is 147 Å². The number of rotatable bonds is 3. The number of carbonyl (C=O) groups excluding carboxylic acids is 1. The van der Waals surface area contributed by atoms with E-state index < -0.39 is 0 Å². The van der Waals surface area contributed by atoms with Crippen molar-refractivity contribution in [1.29, 1.82) is 0 Å². The molecule has 0 fully saturated rings. The lowest BCUT2D eigenvalue weighted by atomic mass is 9.99. The molecule has 1 atom stereocenters. The van der Waals surface area contributed by atoms with Crippen molar-refractivity contribution in [2.24, 2.45) is 0 Å². The molecule has 0 radical (unpaired) electrons. The highest BCUT2D eigenvalue weighted by molar-refractivity contribution is 5.98. The second kappa shape index (κ2) is 6.69. The molecule has 1 unspecified atom stereocenters. The van der Waals surface area contributed by atoms with E-state index in [4.69, 9.17) is 4.74 Å². The molecule has 1 aliphatic heterocycles. The average molecular weight is 331 g/mol. The fourth-order valence-corrected chi connectivity index (χ4v) is 3.46. The standard InChI is InChI=1S/C22H21NO2/c1-23(14-21-13-18-8-4-5-9-20(18)15-25-21)22(24)19-11-10-16-6-2-3-7-17(16)12-19/h2-12,21H,13-15H2,1H3. The van der Waals surface area contributed by atoms with Gasteiger partial charge < -0.3 is 9.64 Å². The third-order valence-corrected chi connectivity index (χ3v) is 4.86. The highest BCUT2D eigenvalue weighted by Crippen LogP contribution is 2.21. The largest absolute Gasteiger partial charge is 0.371 e. The van der Waals surface area contributed by atoms with E-state index in [1.807, 2.05) is 49.5 Å². The summed E-state index contributed by atoms with van der Waals surface area (Å²) in [6.07, 6.45) is 0.898. The molecule has 0 aromatic heterocycles. The minimum atomic E-state index is 0.0354. The predicted molar refractivity (Wildman–Crippen MR) is 99.6 cm³/mol. The summed E-state index contributed by atoms with van der Waals surface area (Å²) < 4.78 is 5.94. The van der Waals surface area contributed by atoms with Gasteiger partial charge >= 0.3 is 0 Å². The summed E-state index contributed by atoms with van der Waals surface area (Å²) in [4.78, 5) is 14.5. The highest BCUT2D eigenvalue weighted by Gasteiger charge is 2.22. The van der Waals surface area contributed by atoms with Crippen LogP contribution in [0.4, 0.5) is 0 Å². The topological polar surface area (TPSA) is 29.5 Å². The van der Waals surface area contributed by atoms with Gasteiger partial charge in [-0.3, -0.25) is 4.79 Å². The molecule has 0 saturated carbocycles. The molecule has 3 aromatic rings. The Hall–Kier alpha value is -2.65. The Balaban J connectivity index is 1.47. The summed E-state index contributed by atoms with van der Waals surface area (Å²) in [6.45, 7) is 1.22. The first-order valence-electron chi connectivity index (χ1n) is 8.63. The Kier molecular flexibility index (Phi) is 4.24. The molecular weight excluding hydrogens is 310 g/mol. The fraction of sp³-hybridized carbons (Fsp3) is 0.227. The molecule has 0 spiro atoms. The van der Waals surface area contributed by atoms with Crippen LogP contribution in [0.3, 0.4) is 0 Å². The number of hydrogen-bond donors (Lipinski definition) is 0. The Morgan fingerprint density at radius 2 is 1.72 bits per heavy atom. The number of ether oxygens (including phenoxy) is 1. The van der Waals surface area contributed by atoms with Gasteiger partial charge in [-0.2, -0.15) is 0 Å². The normalized spacial score (nSPS) is 16.4. The first kappa shape index (κ1) is 15.9. The lowest BCUT2D eigenvalue weighted by molar-refractivity contribution is 0.00985. The van der Waals surface area contributed by atoms with E-state index in [0.29, 0.717) is 13.2 Å². The van der Waals surface area contributed by atoms with Crippen LogP contribution in [-0.4, -0.2) is 30.5 Å². The van der Waals surface area contributed by atoms with Crippen LogP contribution in [0.15, 0.2) is 66.7 Å². The average Bonchev–Trinajstić information content (AvgIpc) is 2.67. The third-order valence-electron chi connectivity index (χ3n) is 4.86. The number of fused-ring (bicyclic) bond motifs is 2. The zero-order valence-electron chi connectivity index (χ0n) is 14.3. The molecule has 0 saturated heterocycles. The summed E-state index contributed by atoms with van der Waals surface area (Å²) in [6, 6.07) is 22.3. The van der Waals surface area contributed by atoms with Crippen molar-refractivity contribution in [3.8, 4) is 0 Å². The first-order valence-corrected chi connectivity index (χ1v) is 8.63. The molecule has 0 aliphatic carbocycles. The Bertz CT molecular complexity index is 919. The maximum atomic E-state index is 12.8. The minimum Gasteiger partial charge on any atom is -0.371 e. The van der Waals surface area contributed by atoms with Gasteiger partial charge in [-0.15, -0.1) is 0 Å². The molecular formula is C22H21NO2. The summed E-state index contributed by atoms with van der Waals surface area (Å²) in [7, 11) is 1.85. The van der Waals surface area contributed by atoms with E-state index in [9.17, 15) is 4.79 Å². The number of benzene rings is 3. The molecule has 4 rings (SSSR count). The van der Waals surface area contributed by atoms with E-state index in [1.165, 1.54) is 11.1 Å². The summed E-state index contributed by atoms with van der Waals surface area (Å²) in [5, 5.41) is 2.23. The van der Waals surface area contributed by atoms with E-state index >= 15 is 0 Å². The monoisotopic (exact) mass is 331 g/mol. The molecule has 1 amide bonds. The van der Waals surface area contributed by atoms with Crippen molar-refractivity contribution in [2.45, 2.75) is 19.1 Å². The van der Waals surface area contributed by atoms with E-state index in [2.05, 4.69) is 24.3 Å². The Morgan fingerprint density at radius 3 is 2.56 bits per heavy atom. The maximum Gasteiger partial charge on any atom is 0.253 e. The van der Waals surface area contributed by atoms with Crippen LogP contribution >= 0.6 is 0 Å². The van der Waals surface area contributed by atoms with Crippen molar-refractivity contribution < 1.29 is 9.53 Å². The maximum absolute atomic E-state index is 12.8. The van der Waals surface area contributed by atoms with Crippen LogP contribution in [0.1, 0.15) is 21.5 Å². The van der Waals surface area contributed by atoms with Gasteiger partial charge in [-0.05, 0) is 34.0 Å². The van der Waals surface area contributed by atoms with Crippen LogP contribution in [0.25, 0.3) is 10.8 Å². The van der Waals surface area contributed by atoms with Gasteiger partial charge in [-0.25, -0.2) is 0 Å². The van der Waals surface area contributed by atoms with Gasteiger partial charge in [0.15, 0.2) is 0 Å². The third kappa shape index (κ3) is 3.28. The molecule has 0 N–H and O–H groups in total. The lowest BCUT2D eigenvalue weighted by Gasteiger charge is -2.29. The zero-order chi connectivity index (χ0) is 17.2. The van der Waals surface area contributed by atoms with Crippen molar-refractivity contribution in [1.82, 2.24) is 4.90 Å². The predicted octanol–water partition coefficient (Wildman–Crippen LogP) is 4.05. The molecule has 126 valence electrons. The molecule has 3 aromatic carbocycles. The smallest absolute Gasteiger partial charge is 0.253 e. The minimum absolute atomic E-state index is 0.0354. The van der Waals surface area contributed by atoms with E-state index in [1.54, 1.807) is 4.90 Å². The molecule has 3 nitrogen and oxygen atoms in total. The summed E-state index contributed by atoms with van der Waals surface area (Å²) in [5.74, 6) is 0.0354. The van der Waals surface area contributed by atoms with Crippen molar-refractivity contribution >= 4 is 16.7 Å². The SMILES string of the molecule is CN(CC1Cc2ccccc2CO1)C(=O)c1ccc2ccccc2c1. The van der Waals surface area contributed by atoms with Crippen LogP contribution in [0.2, 0.25) is 0 Å². The second-order valence-electron chi connectivity index (χ2n) is 6.65. The van der Waals surface area contributed by atoms with Crippen LogP contribution in [0, 0.1) is 0 Å². The van der Waals surface area contributed by atoms with Crippen LogP contribution in [0.5, 0.6) is 0 Å². The summed E-state index contributed by atoms with van der Waals surface area (Å²) >= 11 is 0. The van der Waals surface area contributed by atoms with Crippen molar-refractivity contribution in [3.63, 3.8) is 0 Å². The second-order valence-corrected chi connectivity index (χ2v) is 6.65. The summed E-state index contributed by atoms with van der Waals surface area (Å²) in [5.41, 5.74) is 3.30. The molecule has 1 heterocycles. The van der Waals surface area contributed by atoms with Gasteiger partial charge in [-0.1, -0.05) is 54.6 Å². The van der Waals surface area contributed by atoms with Gasteiger partial charge in [0.2, 0.25) is 0 Å².